The van der Waals surface area contributed by atoms with E-state index in [1.54, 1.807) is 85.2 Å². The van der Waals surface area contributed by atoms with E-state index in [-0.39, 0.29) is 86.4 Å². The molecule has 5 rings (SSSR count). The molecule has 456 valence electrons. The fourth-order valence-electron chi connectivity index (χ4n) is 10.0. The van der Waals surface area contributed by atoms with E-state index in [4.69, 9.17) is 18.9 Å². The van der Waals surface area contributed by atoms with Crippen molar-refractivity contribution in [3.63, 3.8) is 0 Å². The van der Waals surface area contributed by atoms with Gasteiger partial charge in [-0.1, -0.05) is 116 Å². The lowest BCUT2D eigenvalue weighted by Gasteiger charge is -2.35. The molecular weight excluding hydrogens is 1080 g/mol. The van der Waals surface area contributed by atoms with Crippen LogP contribution in [-0.4, -0.2) is 153 Å². The predicted molar refractivity (Wildman–Crippen MR) is 315 cm³/mol. The highest BCUT2D eigenvalue weighted by Gasteiger charge is 2.43. The molecule has 84 heavy (non-hydrogen) atoms. The third kappa shape index (κ3) is 18.6. The van der Waals surface area contributed by atoms with Crippen molar-refractivity contribution >= 4 is 47.5 Å². The molecule has 4 amide bonds. The molecule has 8 atom stereocenters. The first-order chi connectivity index (χ1) is 39.6. The Morgan fingerprint density at radius 1 is 0.357 bits per heavy atom. The molecular formula is C64H86N6O14. The van der Waals surface area contributed by atoms with Crippen LogP contribution < -0.4 is 11.1 Å². The molecule has 20 nitrogen and oxygen atoms in total. The minimum Gasteiger partial charge on any atom is -0.451 e. The molecule has 0 saturated carbocycles. The van der Waals surface area contributed by atoms with Gasteiger partial charge >= 0.3 is 23.9 Å². The van der Waals surface area contributed by atoms with Crippen molar-refractivity contribution in [1.29, 1.82) is 0 Å². The molecule has 20 heteroatoms. The Morgan fingerprint density at radius 2 is 0.619 bits per heavy atom. The predicted octanol–water partition coefficient (Wildman–Crippen LogP) is 6.08. The smallest absolute Gasteiger partial charge is 0.329 e. The number of esters is 4. The molecule has 1 saturated heterocycles. The summed E-state index contributed by atoms with van der Waals surface area (Å²) in [5.41, 5.74) is 2.25. The van der Waals surface area contributed by atoms with E-state index in [1.165, 1.54) is 63.3 Å². The second kappa shape index (κ2) is 30.6. The molecule has 0 unspecified atom stereocenters. The van der Waals surface area contributed by atoms with E-state index in [9.17, 15) is 38.4 Å². The Morgan fingerprint density at radius 3 is 0.893 bits per heavy atom. The van der Waals surface area contributed by atoms with Gasteiger partial charge in [-0.05, 0) is 97.6 Å². The number of benzene rings is 2. The minimum atomic E-state index is -1.58. The summed E-state index contributed by atoms with van der Waals surface area (Å²) in [6, 6.07) is 18.4. The van der Waals surface area contributed by atoms with Gasteiger partial charge in [0.25, 0.3) is 34.7 Å². The van der Waals surface area contributed by atoms with Crippen LogP contribution in [0.15, 0.2) is 107 Å². The maximum absolute atomic E-state index is 15.0. The lowest BCUT2D eigenvalue weighted by Crippen LogP contribution is -2.55. The second-order valence-electron chi connectivity index (χ2n) is 23.8. The summed E-state index contributed by atoms with van der Waals surface area (Å²) in [4.78, 5) is 147. The summed E-state index contributed by atoms with van der Waals surface area (Å²) < 4.78 is 27.2. The SMILES string of the molecule is CC(C)C[C@H]1C(=O)O[C@H](Cc2ccc(Cn3ccccc3=O)cc2)C(=O)N(C)[C@@H](CC(C)C)C(=O)O[C@H](C)C(=O)N(C)[C@@H](CC(C)C)C(=O)O[C@H](Cc2ccc(Cn3ccccc3=O)cc2)C(=O)N(C)[C@@H](CC(C)C)C(=O)O[C@H](C)C(=O)N1C. The van der Waals surface area contributed by atoms with E-state index in [0.717, 1.165) is 30.7 Å². The van der Waals surface area contributed by atoms with Crippen molar-refractivity contribution in [2.75, 3.05) is 28.2 Å². The van der Waals surface area contributed by atoms with Crippen LogP contribution in [-0.2, 0) is 83.2 Å². The Balaban J connectivity index is 1.59. The van der Waals surface area contributed by atoms with Gasteiger partial charge in [0.1, 0.15) is 24.2 Å². The fraction of sp³-hybridized carbons (Fsp3) is 0.531. The van der Waals surface area contributed by atoms with Crippen LogP contribution in [0.2, 0.25) is 0 Å². The molecule has 2 aromatic carbocycles. The lowest BCUT2D eigenvalue weighted by atomic mass is 9.99. The molecule has 0 aliphatic carbocycles. The molecule has 0 bridgehead atoms. The van der Waals surface area contributed by atoms with Crippen molar-refractivity contribution in [1.82, 2.24) is 28.7 Å². The number of ether oxygens (including phenoxy) is 4. The molecule has 1 aliphatic heterocycles. The number of hydrogen-bond donors (Lipinski definition) is 0. The highest BCUT2D eigenvalue weighted by Crippen LogP contribution is 2.25. The zero-order valence-electron chi connectivity index (χ0n) is 51.2. The van der Waals surface area contributed by atoms with Crippen LogP contribution in [0, 0.1) is 23.7 Å². The Bertz CT molecular complexity index is 2820. The number of likely N-dealkylation sites (N-methyl/N-ethyl adjacent to an activating group) is 4. The highest BCUT2D eigenvalue weighted by atomic mass is 16.6. The molecule has 0 radical (unpaired) electrons. The zero-order chi connectivity index (χ0) is 62.3. The summed E-state index contributed by atoms with van der Waals surface area (Å²) in [5, 5.41) is 0. The fourth-order valence-corrected chi connectivity index (χ4v) is 10.0. The monoisotopic (exact) mass is 1160 g/mol. The first-order valence-electron chi connectivity index (χ1n) is 28.9. The highest BCUT2D eigenvalue weighted by molar-refractivity contribution is 5.94. The van der Waals surface area contributed by atoms with E-state index < -0.39 is 96.1 Å². The first-order valence-corrected chi connectivity index (χ1v) is 28.9. The van der Waals surface area contributed by atoms with Crippen molar-refractivity contribution < 1.29 is 57.3 Å². The van der Waals surface area contributed by atoms with Gasteiger partial charge in [-0.15, -0.1) is 0 Å². The van der Waals surface area contributed by atoms with E-state index >= 15 is 9.59 Å². The number of rotatable bonds is 16. The van der Waals surface area contributed by atoms with Gasteiger partial charge in [0.2, 0.25) is 0 Å². The van der Waals surface area contributed by atoms with Crippen molar-refractivity contribution in [3.8, 4) is 0 Å². The van der Waals surface area contributed by atoms with Gasteiger partial charge in [-0.25, -0.2) is 19.2 Å². The summed E-state index contributed by atoms with van der Waals surface area (Å²) in [7, 11) is 5.46. The van der Waals surface area contributed by atoms with E-state index in [2.05, 4.69) is 0 Å². The number of pyridine rings is 2. The number of carbonyl (C=O) groups is 8. The first kappa shape index (κ1) is 66.9. The summed E-state index contributed by atoms with van der Waals surface area (Å²) in [6.45, 7) is 17.8. The van der Waals surface area contributed by atoms with Gasteiger partial charge in [0.05, 0.1) is 13.1 Å². The minimum absolute atomic E-state index is 0.0514. The quantitative estimate of drug-likeness (QED) is 0.0914. The second-order valence-corrected chi connectivity index (χ2v) is 23.8. The number of cyclic esters (lactones) is 4. The van der Waals surface area contributed by atoms with Gasteiger partial charge in [0.15, 0.2) is 24.4 Å². The maximum atomic E-state index is 15.0. The molecule has 1 aliphatic rings. The maximum Gasteiger partial charge on any atom is 0.329 e. The van der Waals surface area contributed by atoms with Crippen LogP contribution in [0.4, 0.5) is 0 Å². The van der Waals surface area contributed by atoms with Crippen molar-refractivity contribution in [3.05, 3.63) is 140 Å². The lowest BCUT2D eigenvalue weighted by molar-refractivity contribution is -0.176. The summed E-state index contributed by atoms with van der Waals surface area (Å²) in [6.07, 6.45) is -3.05. The standard InChI is InChI=1S/C64H86N6O14/c1-39(2)31-49-61(77)81-43(9)57(73)65(11)52(34-42(7)8)64(80)84-54(36-46-23-27-48(28-24-46)38-70-30-18-16-20-56(70)72)60(76)68(14)50(32-40(3)4)62(78)82-44(10)58(74)66(12)51(33-41(5)6)63(79)83-53(59(75)67(49)13)35-45-21-25-47(26-22-45)37-69-29-17-15-19-55(69)71/h15-30,39-44,49-54H,31-38H2,1-14H3/t43-,44-,49+,50+,51+,52+,53-,54-/m1/s1. The molecule has 4 aromatic rings. The number of hydrogen-bond acceptors (Lipinski definition) is 14. The van der Waals surface area contributed by atoms with Gasteiger partial charge in [0, 0.05) is 65.6 Å². The summed E-state index contributed by atoms with van der Waals surface area (Å²) in [5.74, 6) is -7.82. The largest absolute Gasteiger partial charge is 0.451 e. The van der Waals surface area contributed by atoms with Crippen LogP contribution in [0.1, 0.15) is 117 Å². The molecule has 1 fully saturated rings. The van der Waals surface area contributed by atoms with Crippen molar-refractivity contribution in [2.24, 2.45) is 23.7 Å². The number of amides is 4. The molecule has 2 aromatic heterocycles. The van der Waals surface area contributed by atoms with E-state index in [0.29, 0.717) is 11.1 Å². The number of aromatic nitrogens is 2. The van der Waals surface area contributed by atoms with Crippen LogP contribution in [0.25, 0.3) is 0 Å². The van der Waals surface area contributed by atoms with Crippen LogP contribution in [0.3, 0.4) is 0 Å². The Kier molecular flexibility index (Phi) is 24.4. The topological polar surface area (TPSA) is 230 Å². The number of nitrogens with zero attached hydrogens (tertiary/aromatic N) is 6. The van der Waals surface area contributed by atoms with Gasteiger partial charge < -0.3 is 47.7 Å². The van der Waals surface area contributed by atoms with Crippen LogP contribution in [0.5, 0.6) is 0 Å². The third-order valence-corrected chi connectivity index (χ3v) is 14.9. The molecule has 0 spiro atoms. The average Bonchev–Trinajstić information content (AvgIpc) is 3.44. The Hall–Kier alpha value is -7.90. The molecule has 3 heterocycles. The van der Waals surface area contributed by atoms with Gasteiger partial charge in [-0.3, -0.25) is 28.8 Å². The summed E-state index contributed by atoms with van der Waals surface area (Å²) >= 11 is 0. The Labute approximate surface area is 493 Å². The van der Waals surface area contributed by atoms with Crippen molar-refractivity contribution in [2.45, 2.75) is 169 Å². The average molecular weight is 1160 g/mol. The normalized spacial score (nSPS) is 22.6. The van der Waals surface area contributed by atoms with Gasteiger partial charge in [-0.2, -0.15) is 0 Å². The third-order valence-electron chi connectivity index (χ3n) is 14.9. The van der Waals surface area contributed by atoms with E-state index in [1.807, 2.05) is 55.4 Å². The van der Waals surface area contributed by atoms with Crippen LogP contribution >= 0.6 is 0 Å². The number of carbonyl (C=O) groups excluding carboxylic acids is 8. The zero-order valence-corrected chi connectivity index (χ0v) is 51.2. The molecule has 0 N–H and O–H groups in total.